The van der Waals surface area contributed by atoms with Crippen LogP contribution in [0.5, 0.6) is 0 Å². The summed E-state index contributed by atoms with van der Waals surface area (Å²) in [4.78, 5) is 3.96. The zero-order chi connectivity index (χ0) is 12.8. The first-order valence-electron chi connectivity index (χ1n) is 5.68. The standard InChI is InChI=1S/C15H14N2O.HI/c1-17-11-9-13(10-12-17)7-8-15(18)16-14-5-3-2-4-6-14;/h2-12H,1H3;1H/b8-7+;. The van der Waals surface area contributed by atoms with Crippen LogP contribution in [0.15, 0.2) is 65.9 Å². The predicted octanol–water partition coefficient (Wildman–Crippen LogP) is 2.23. The van der Waals surface area contributed by atoms with Crippen LogP contribution in [0, 0.1) is 0 Å². The highest BCUT2D eigenvalue weighted by atomic mass is 127. The molecule has 0 bridgehead atoms. The van der Waals surface area contributed by atoms with Crippen LogP contribution >= 0.6 is 24.0 Å². The van der Waals surface area contributed by atoms with E-state index in [1.807, 2.05) is 54.3 Å². The van der Waals surface area contributed by atoms with Crippen molar-refractivity contribution in [3.63, 3.8) is 0 Å². The molecule has 19 heavy (non-hydrogen) atoms. The van der Waals surface area contributed by atoms with E-state index in [0.717, 1.165) is 5.56 Å². The largest absolute Gasteiger partial charge is 0.859 e. The number of para-hydroxylation sites is 1. The summed E-state index contributed by atoms with van der Waals surface area (Å²) in [5, 5.41) is 11.6. The van der Waals surface area contributed by atoms with Gasteiger partial charge in [0.1, 0.15) is 7.05 Å². The molecule has 3 nitrogen and oxygen atoms in total. The molecule has 0 N–H and O–H groups in total. The molecule has 0 fully saturated rings. The molecule has 1 heterocycles. The van der Waals surface area contributed by atoms with Gasteiger partial charge < -0.3 is 5.11 Å². The van der Waals surface area contributed by atoms with E-state index in [2.05, 4.69) is 4.99 Å². The van der Waals surface area contributed by atoms with Crippen molar-refractivity contribution in [1.29, 1.82) is 0 Å². The SMILES string of the molecule is C[n+]1ccc(/C=C/C([O-])=Nc2ccccc2)cc1.I. The number of nitrogens with zero attached hydrogens (tertiary/aromatic N) is 2. The van der Waals surface area contributed by atoms with Crippen molar-refractivity contribution >= 4 is 41.6 Å². The Morgan fingerprint density at radius 2 is 1.74 bits per heavy atom. The summed E-state index contributed by atoms with van der Waals surface area (Å²) in [5.41, 5.74) is 1.65. The van der Waals surface area contributed by atoms with Gasteiger partial charge in [-0.15, -0.1) is 24.0 Å². The van der Waals surface area contributed by atoms with E-state index in [-0.39, 0.29) is 29.9 Å². The number of halogens is 1. The zero-order valence-electron chi connectivity index (χ0n) is 10.6. The smallest absolute Gasteiger partial charge is 0.169 e. The van der Waals surface area contributed by atoms with Crippen molar-refractivity contribution in [2.24, 2.45) is 12.0 Å². The van der Waals surface area contributed by atoms with Crippen molar-refractivity contribution < 1.29 is 9.67 Å². The highest BCUT2D eigenvalue weighted by molar-refractivity contribution is 14.0. The van der Waals surface area contributed by atoms with Gasteiger partial charge in [-0.25, -0.2) is 4.57 Å². The second kappa shape index (κ2) is 7.68. The Kier molecular flexibility index (Phi) is 6.21. The van der Waals surface area contributed by atoms with Crippen LogP contribution in [0.3, 0.4) is 0 Å². The van der Waals surface area contributed by atoms with E-state index in [4.69, 9.17) is 0 Å². The summed E-state index contributed by atoms with van der Waals surface area (Å²) in [6.45, 7) is 0. The summed E-state index contributed by atoms with van der Waals surface area (Å²) in [5.74, 6) is -0.255. The Labute approximate surface area is 130 Å². The first-order valence-corrected chi connectivity index (χ1v) is 5.68. The molecule has 4 heteroatoms. The summed E-state index contributed by atoms with van der Waals surface area (Å²) < 4.78 is 1.94. The minimum absolute atomic E-state index is 0. The quantitative estimate of drug-likeness (QED) is 0.355. The maximum atomic E-state index is 11.6. The lowest BCUT2D eigenvalue weighted by atomic mass is 10.2. The summed E-state index contributed by atoms with van der Waals surface area (Å²) in [7, 11) is 1.95. The molecule has 2 aromatic rings. The number of pyridine rings is 1. The second-order valence-electron chi connectivity index (χ2n) is 3.92. The number of rotatable bonds is 3. The van der Waals surface area contributed by atoms with Crippen LogP contribution in [-0.2, 0) is 7.05 Å². The Balaban J connectivity index is 0.00000180. The molecule has 1 aromatic heterocycles. The van der Waals surface area contributed by atoms with Crippen molar-refractivity contribution in [1.82, 2.24) is 0 Å². The number of hydrogen-bond donors (Lipinski definition) is 0. The van der Waals surface area contributed by atoms with E-state index in [0.29, 0.717) is 5.69 Å². The predicted molar refractivity (Wildman–Crippen MR) is 85.6 cm³/mol. The Bertz CT molecular complexity index is 562. The van der Waals surface area contributed by atoms with E-state index in [1.165, 1.54) is 6.08 Å². The fourth-order valence-corrected chi connectivity index (χ4v) is 1.46. The first kappa shape index (κ1) is 15.4. The molecule has 0 saturated heterocycles. The molecular weight excluding hydrogens is 351 g/mol. The van der Waals surface area contributed by atoms with Crippen LogP contribution in [0.1, 0.15) is 5.56 Å². The van der Waals surface area contributed by atoms with Gasteiger partial charge in [0.05, 0.1) is 5.69 Å². The molecule has 0 aliphatic heterocycles. The maximum absolute atomic E-state index is 11.6. The number of aliphatic imine (C=N–C) groups is 1. The van der Waals surface area contributed by atoms with Crippen LogP contribution in [-0.4, -0.2) is 5.90 Å². The first-order chi connectivity index (χ1) is 8.74. The average molecular weight is 366 g/mol. The van der Waals surface area contributed by atoms with Crippen molar-refractivity contribution in [2.45, 2.75) is 0 Å². The third kappa shape index (κ3) is 5.21. The molecule has 2 rings (SSSR count). The summed E-state index contributed by atoms with van der Waals surface area (Å²) >= 11 is 0. The summed E-state index contributed by atoms with van der Waals surface area (Å²) in [6, 6.07) is 13.1. The average Bonchev–Trinajstić information content (AvgIpc) is 2.39. The Morgan fingerprint density at radius 3 is 2.37 bits per heavy atom. The van der Waals surface area contributed by atoms with Crippen LogP contribution < -0.4 is 9.67 Å². The molecule has 1 aromatic carbocycles. The van der Waals surface area contributed by atoms with E-state index < -0.39 is 0 Å². The molecule has 0 spiro atoms. The van der Waals surface area contributed by atoms with Gasteiger partial charge in [0, 0.05) is 12.1 Å². The molecule has 0 unspecified atom stereocenters. The van der Waals surface area contributed by atoms with E-state index >= 15 is 0 Å². The Morgan fingerprint density at radius 1 is 1.11 bits per heavy atom. The lowest BCUT2D eigenvalue weighted by molar-refractivity contribution is -0.671. The minimum Gasteiger partial charge on any atom is -0.859 e. The topological polar surface area (TPSA) is 39.3 Å². The lowest BCUT2D eigenvalue weighted by Gasteiger charge is -2.04. The van der Waals surface area contributed by atoms with Gasteiger partial charge in [-0.1, -0.05) is 30.4 Å². The molecule has 98 valence electrons. The molecule has 0 aliphatic rings. The minimum atomic E-state index is -0.255. The number of aryl methyl sites for hydroxylation is 1. The van der Waals surface area contributed by atoms with Gasteiger partial charge in [-0.05, 0) is 23.6 Å². The van der Waals surface area contributed by atoms with Gasteiger partial charge >= 0.3 is 0 Å². The second-order valence-corrected chi connectivity index (χ2v) is 3.92. The normalized spacial score (nSPS) is 11.3. The van der Waals surface area contributed by atoms with Crippen LogP contribution in [0.4, 0.5) is 5.69 Å². The van der Waals surface area contributed by atoms with Gasteiger partial charge in [0.15, 0.2) is 12.4 Å². The van der Waals surface area contributed by atoms with Gasteiger partial charge in [-0.2, -0.15) is 0 Å². The third-order valence-corrected chi connectivity index (χ3v) is 2.42. The van der Waals surface area contributed by atoms with Gasteiger partial charge in [0.25, 0.3) is 0 Å². The van der Waals surface area contributed by atoms with Crippen LogP contribution in [0.2, 0.25) is 0 Å². The lowest BCUT2D eigenvalue weighted by Crippen LogP contribution is -2.25. The monoisotopic (exact) mass is 366 g/mol. The zero-order valence-corrected chi connectivity index (χ0v) is 12.9. The van der Waals surface area contributed by atoms with E-state index in [9.17, 15) is 5.11 Å². The molecule has 0 atom stereocenters. The molecular formula is C15H15IN2O. The van der Waals surface area contributed by atoms with Gasteiger partial charge in [0.2, 0.25) is 0 Å². The molecule has 0 aliphatic carbocycles. The highest BCUT2D eigenvalue weighted by Crippen LogP contribution is 2.09. The van der Waals surface area contributed by atoms with Crippen molar-refractivity contribution in [2.75, 3.05) is 0 Å². The van der Waals surface area contributed by atoms with Crippen molar-refractivity contribution in [3.8, 4) is 0 Å². The maximum Gasteiger partial charge on any atom is 0.169 e. The van der Waals surface area contributed by atoms with Gasteiger partial charge in [-0.3, -0.25) is 4.99 Å². The summed E-state index contributed by atoms with van der Waals surface area (Å²) in [6.07, 6.45) is 7.09. The molecule has 0 radical (unpaired) electrons. The third-order valence-electron chi connectivity index (χ3n) is 2.42. The molecule has 0 saturated carbocycles. The fourth-order valence-electron chi connectivity index (χ4n) is 1.46. The number of hydrogen-bond acceptors (Lipinski definition) is 2. The van der Waals surface area contributed by atoms with Crippen LogP contribution in [0.25, 0.3) is 6.08 Å². The number of benzene rings is 1. The number of aromatic nitrogens is 1. The van der Waals surface area contributed by atoms with E-state index in [1.54, 1.807) is 18.2 Å². The van der Waals surface area contributed by atoms with Crippen molar-refractivity contribution in [3.05, 3.63) is 66.5 Å². The molecule has 0 amide bonds. The Hall–Kier alpha value is -1.69. The highest BCUT2D eigenvalue weighted by Gasteiger charge is 1.90. The fraction of sp³-hybridized carbons (Fsp3) is 0.0667.